The van der Waals surface area contributed by atoms with E-state index in [1.807, 2.05) is 0 Å². The van der Waals surface area contributed by atoms with E-state index < -0.39 is 35.5 Å². The van der Waals surface area contributed by atoms with Gasteiger partial charge in [0.2, 0.25) is 11.5 Å². The maximum Gasteiger partial charge on any atom is 0.350 e. The molecule has 0 bridgehead atoms. The largest absolute Gasteiger partial charge is 0.458 e. The highest BCUT2D eigenvalue weighted by molar-refractivity contribution is 5.91. The predicted octanol–water partition coefficient (Wildman–Crippen LogP) is 2.47. The van der Waals surface area contributed by atoms with Gasteiger partial charge < -0.3 is 14.2 Å². The summed E-state index contributed by atoms with van der Waals surface area (Å²) in [6, 6.07) is 1.65. The molecule has 0 spiro atoms. The van der Waals surface area contributed by atoms with Crippen molar-refractivity contribution in [3.63, 3.8) is 0 Å². The molecule has 0 amide bonds. The fourth-order valence-electron chi connectivity index (χ4n) is 3.61. The van der Waals surface area contributed by atoms with Crippen LogP contribution < -0.4 is 0 Å². The maximum atomic E-state index is 12.8. The van der Waals surface area contributed by atoms with E-state index in [4.69, 9.17) is 14.2 Å². The predicted molar refractivity (Wildman–Crippen MR) is 96.0 cm³/mol. The van der Waals surface area contributed by atoms with Gasteiger partial charge in [0.05, 0.1) is 12.1 Å². The van der Waals surface area contributed by atoms with Crippen molar-refractivity contribution in [2.75, 3.05) is 0 Å². The van der Waals surface area contributed by atoms with Crippen LogP contribution in [0.5, 0.6) is 0 Å². The third-order valence-electron chi connectivity index (χ3n) is 5.39. The molecule has 8 heteroatoms. The average molecular weight is 389 g/mol. The van der Waals surface area contributed by atoms with E-state index in [2.05, 4.69) is 0 Å². The molecule has 1 aromatic rings. The van der Waals surface area contributed by atoms with E-state index in [-0.39, 0.29) is 25.4 Å². The summed E-state index contributed by atoms with van der Waals surface area (Å²) < 4.78 is 17.8. The Morgan fingerprint density at radius 3 is 2.68 bits per heavy atom. The summed E-state index contributed by atoms with van der Waals surface area (Å²) in [5, 5.41) is 0. The number of allylic oxidation sites excluding steroid dienone is 1. The molecule has 28 heavy (non-hydrogen) atoms. The number of carbonyl (C=O) groups excluding carboxylic acids is 4. The first-order valence-corrected chi connectivity index (χ1v) is 9.13. The number of hydrogen-bond donors (Lipinski definition) is 0. The van der Waals surface area contributed by atoms with Crippen LogP contribution in [0.15, 0.2) is 23.9 Å². The molecule has 8 nitrogen and oxygen atoms in total. The van der Waals surface area contributed by atoms with E-state index in [0.29, 0.717) is 16.8 Å². The van der Waals surface area contributed by atoms with Gasteiger partial charge in [0, 0.05) is 30.2 Å². The lowest BCUT2D eigenvalue weighted by Gasteiger charge is -2.33. The third kappa shape index (κ3) is 3.34. The van der Waals surface area contributed by atoms with Crippen LogP contribution in [-0.4, -0.2) is 34.0 Å². The van der Waals surface area contributed by atoms with E-state index >= 15 is 0 Å². The van der Waals surface area contributed by atoms with Crippen molar-refractivity contribution in [3.05, 3.63) is 35.2 Å². The highest BCUT2D eigenvalue weighted by Crippen LogP contribution is 2.36. The third-order valence-corrected chi connectivity index (χ3v) is 5.39. The number of nitrogens with zero attached hydrogens (tertiary/aromatic N) is 1. The quantitative estimate of drug-likeness (QED) is 0.413. The lowest BCUT2D eigenvalue weighted by atomic mass is 9.85. The van der Waals surface area contributed by atoms with Crippen LogP contribution in [0, 0.1) is 5.92 Å². The SMILES string of the molecule is C/C=C1/CC(C)C(C)(OC(C)=O)C(=O)OCc2ccn3c2C(CC3=O)OC1=O. The number of aromatic nitrogens is 1. The molecular formula is C20H23NO7. The maximum absolute atomic E-state index is 12.8. The number of cyclic esters (lactones) is 1. The monoisotopic (exact) mass is 389 g/mol. The van der Waals surface area contributed by atoms with Gasteiger partial charge in [0.25, 0.3) is 0 Å². The number of carbonyl (C=O) groups is 4. The Hall–Kier alpha value is -2.90. The standard InChI is InChI=1S/C20H23NO7/c1-5-13-8-11(2)20(4,28-12(3)22)19(25)26-10-14-6-7-21-16(23)9-15(17(14)21)27-18(13)24/h5-7,11,15H,8-10H2,1-4H3/b13-5-. The van der Waals surface area contributed by atoms with Crippen molar-refractivity contribution in [3.8, 4) is 0 Å². The zero-order valence-electron chi connectivity index (χ0n) is 16.3. The first-order valence-electron chi connectivity index (χ1n) is 9.13. The first-order chi connectivity index (χ1) is 13.2. The molecule has 2 aliphatic heterocycles. The van der Waals surface area contributed by atoms with Crippen LogP contribution >= 0.6 is 0 Å². The summed E-state index contributed by atoms with van der Waals surface area (Å²) >= 11 is 0. The molecule has 3 rings (SSSR count). The van der Waals surface area contributed by atoms with Crippen LogP contribution in [-0.2, 0) is 35.2 Å². The molecule has 150 valence electrons. The summed E-state index contributed by atoms with van der Waals surface area (Å²) in [5.74, 6) is -2.64. The van der Waals surface area contributed by atoms with Crippen LogP contribution in [0.4, 0.5) is 0 Å². The summed E-state index contributed by atoms with van der Waals surface area (Å²) in [6.07, 6.45) is 2.62. The second-order valence-corrected chi connectivity index (χ2v) is 7.28. The Kier molecular flexibility index (Phi) is 5.14. The molecule has 0 N–H and O–H groups in total. The van der Waals surface area contributed by atoms with Crippen LogP contribution in [0.3, 0.4) is 0 Å². The fourth-order valence-corrected chi connectivity index (χ4v) is 3.61. The van der Waals surface area contributed by atoms with Gasteiger partial charge in [-0.2, -0.15) is 0 Å². The second kappa shape index (κ2) is 7.26. The van der Waals surface area contributed by atoms with Crippen molar-refractivity contribution in [2.24, 2.45) is 5.92 Å². The number of ether oxygens (including phenoxy) is 3. The summed E-state index contributed by atoms with van der Waals surface area (Å²) in [7, 11) is 0. The van der Waals surface area contributed by atoms with Crippen molar-refractivity contribution < 1.29 is 33.4 Å². The Bertz CT molecular complexity index is 881. The molecule has 2 aliphatic rings. The van der Waals surface area contributed by atoms with Crippen molar-refractivity contribution in [1.82, 2.24) is 4.57 Å². The number of hydrogen-bond acceptors (Lipinski definition) is 7. The molecule has 1 aromatic heterocycles. The van der Waals surface area contributed by atoms with Gasteiger partial charge in [0.15, 0.2) is 6.10 Å². The molecule has 3 unspecified atom stereocenters. The minimum atomic E-state index is -1.57. The van der Waals surface area contributed by atoms with Crippen molar-refractivity contribution >= 4 is 23.8 Å². The zero-order chi connectivity index (χ0) is 20.6. The Balaban J connectivity index is 2.04. The van der Waals surface area contributed by atoms with Gasteiger partial charge >= 0.3 is 17.9 Å². The molecule has 0 fully saturated rings. The topological polar surface area (TPSA) is 101 Å². The summed E-state index contributed by atoms with van der Waals surface area (Å²) in [4.78, 5) is 49.4. The molecule has 3 atom stereocenters. The van der Waals surface area contributed by atoms with Crippen LogP contribution in [0.2, 0.25) is 0 Å². The first kappa shape index (κ1) is 19.9. The highest BCUT2D eigenvalue weighted by Gasteiger charge is 2.46. The Morgan fingerprint density at radius 1 is 1.32 bits per heavy atom. The number of esters is 3. The van der Waals surface area contributed by atoms with Gasteiger partial charge in [-0.3, -0.25) is 14.2 Å². The smallest absolute Gasteiger partial charge is 0.350 e. The Morgan fingerprint density at radius 2 is 2.04 bits per heavy atom. The normalized spacial score (nSPS) is 29.4. The lowest BCUT2D eigenvalue weighted by molar-refractivity contribution is -0.187. The van der Waals surface area contributed by atoms with E-state index in [1.165, 1.54) is 18.4 Å². The van der Waals surface area contributed by atoms with Crippen LogP contribution in [0.25, 0.3) is 0 Å². The molecule has 0 aliphatic carbocycles. The second-order valence-electron chi connectivity index (χ2n) is 7.28. The van der Waals surface area contributed by atoms with E-state index in [1.54, 1.807) is 32.2 Å². The minimum absolute atomic E-state index is 0.0422. The summed E-state index contributed by atoms with van der Waals surface area (Å²) in [6.45, 7) is 5.95. The van der Waals surface area contributed by atoms with E-state index in [0.717, 1.165) is 0 Å². The molecule has 0 radical (unpaired) electrons. The Labute approximate surface area is 162 Å². The van der Waals surface area contributed by atoms with Crippen LogP contribution in [0.1, 0.15) is 62.7 Å². The number of rotatable bonds is 1. The van der Waals surface area contributed by atoms with Crippen molar-refractivity contribution in [2.45, 2.75) is 58.8 Å². The van der Waals surface area contributed by atoms with Gasteiger partial charge in [-0.05, 0) is 26.3 Å². The average Bonchev–Trinajstić information content (AvgIpc) is 3.17. The highest BCUT2D eigenvalue weighted by atomic mass is 16.6. The van der Waals surface area contributed by atoms with E-state index in [9.17, 15) is 19.2 Å². The molecule has 3 heterocycles. The van der Waals surface area contributed by atoms with Gasteiger partial charge in [-0.15, -0.1) is 0 Å². The molecule has 0 saturated carbocycles. The van der Waals surface area contributed by atoms with Crippen molar-refractivity contribution in [1.29, 1.82) is 0 Å². The molecule has 0 saturated heterocycles. The summed E-state index contributed by atoms with van der Waals surface area (Å²) in [5.41, 5.74) is -0.169. The van der Waals surface area contributed by atoms with Gasteiger partial charge in [-0.1, -0.05) is 13.0 Å². The zero-order valence-corrected chi connectivity index (χ0v) is 16.3. The fraction of sp³-hybridized carbons (Fsp3) is 0.500. The minimum Gasteiger partial charge on any atom is -0.458 e. The van der Waals surface area contributed by atoms with Gasteiger partial charge in [0.1, 0.15) is 6.61 Å². The van der Waals surface area contributed by atoms with Gasteiger partial charge in [-0.25, -0.2) is 9.59 Å². The molecular weight excluding hydrogens is 366 g/mol. The molecule has 0 aromatic carbocycles. The lowest BCUT2D eigenvalue weighted by Crippen LogP contribution is -2.47.